The molecule has 86 heavy (non-hydrogen) atoms. The number of benzene rings is 8. The van der Waals surface area contributed by atoms with Gasteiger partial charge in [0.1, 0.15) is 0 Å². The molecule has 0 saturated heterocycles. The van der Waals surface area contributed by atoms with Gasteiger partial charge >= 0.3 is 0 Å². The van der Waals surface area contributed by atoms with Crippen LogP contribution in [-0.2, 0) is 29.1 Å². The molecule has 0 amide bonds. The van der Waals surface area contributed by atoms with Crippen LogP contribution in [0.4, 0.5) is 28.4 Å². The van der Waals surface area contributed by atoms with Gasteiger partial charge in [0.15, 0.2) is 0 Å². The number of rotatable bonds is 32. The van der Waals surface area contributed by atoms with Crippen molar-refractivity contribution in [3.05, 3.63) is 220 Å². The van der Waals surface area contributed by atoms with Gasteiger partial charge in [0, 0.05) is 33.9 Å². The van der Waals surface area contributed by atoms with Gasteiger partial charge in [0.05, 0.1) is 5.41 Å². The van der Waals surface area contributed by atoms with E-state index in [1.807, 2.05) is 0 Å². The molecular weight excluding hydrogens is 1040 g/mol. The number of nitrogens with one attached hydrogen (secondary N) is 1. The molecule has 0 fully saturated rings. The SMILES string of the molecule is CCCCCCCCC1(CCCCCCCC)c2cc(N(c3cccc(CCCCCC)c3)c3ccc4c(c3)C3(c5ccccc5-c5ccccc53)c3cc(Nc5cccc(CCCCCC)c5)ccc3-4)ccc2-c2ccc(C(C)(CC)CC)cc21. The van der Waals surface area contributed by atoms with Crippen LogP contribution in [0.2, 0.25) is 0 Å². The van der Waals surface area contributed by atoms with Crippen LogP contribution in [0, 0.1) is 0 Å². The fourth-order valence-corrected chi connectivity index (χ4v) is 15.9. The molecule has 1 spiro atoms. The monoisotopic (exact) mass is 1140 g/mol. The minimum absolute atomic E-state index is 0.0655. The Hall–Kier alpha value is -6.64. The van der Waals surface area contributed by atoms with E-state index in [-0.39, 0.29) is 10.8 Å². The van der Waals surface area contributed by atoms with E-state index in [0.717, 1.165) is 37.1 Å². The van der Waals surface area contributed by atoms with Crippen LogP contribution < -0.4 is 10.2 Å². The van der Waals surface area contributed by atoms with Crippen molar-refractivity contribution in [3.63, 3.8) is 0 Å². The highest BCUT2D eigenvalue weighted by atomic mass is 15.1. The number of aryl methyl sites for hydroxylation is 2. The zero-order valence-corrected chi connectivity index (χ0v) is 54.0. The van der Waals surface area contributed by atoms with Crippen molar-refractivity contribution in [2.24, 2.45) is 0 Å². The van der Waals surface area contributed by atoms with E-state index in [9.17, 15) is 0 Å². The molecule has 2 heteroatoms. The molecule has 1 N–H and O–H groups in total. The fraction of sp³-hybridized carbons (Fsp3) is 0.429. The average Bonchev–Trinajstić information content (AvgIpc) is 1.52. The maximum atomic E-state index is 3.95. The lowest BCUT2D eigenvalue weighted by molar-refractivity contribution is 0.395. The van der Waals surface area contributed by atoms with Crippen LogP contribution >= 0.6 is 0 Å². The maximum Gasteiger partial charge on any atom is 0.0727 e. The normalized spacial score (nSPS) is 13.8. The minimum Gasteiger partial charge on any atom is -0.356 e. The van der Waals surface area contributed by atoms with Crippen LogP contribution in [0.25, 0.3) is 33.4 Å². The molecule has 8 aromatic rings. The van der Waals surface area contributed by atoms with Crippen molar-refractivity contribution in [2.45, 2.75) is 232 Å². The van der Waals surface area contributed by atoms with Crippen LogP contribution in [0.1, 0.15) is 253 Å². The van der Waals surface area contributed by atoms with Crippen molar-refractivity contribution >= 4 is 28.4 Å². The second-order valence-corrected chi connectivity index (χ2v) is 26.7. The second-order valence-electron chi connectivity index (χ2n) is 26.7. The van der Waals surface area contributed by atoms with Crippen LogP contribution in [0.15, 0.2) is 170 Å². The molecule has 3 aliphatic rings. The standard InChI is InChI=1S/C84H102N2/c1-8-14-18-22-24-32-54-83(55-33-25-23-19-15-9-2)78-58-64(82(7,12-5)13-6)46-50-72(78)73-52-48-68(60-79(73)83)86(67-41-35-39-63(57-67)37-27-21-17-11-4)69-49-53-75-74-51-47-66(85-65-40-34-38-62(56-65)36-26-20-16-10-3)59-80(74)84(81(75)61-69)76-44-30-28-42-70(76)71-43-29-31-45-77(71)84/h28-31,34-35,38-53,56-61,85H,8-27,32-33,36-37,54-55H2,1-7H3. The van der Waals surface area contributed by atoms with Crippen molar-refractivity contribution in [1.29, 1.82) is 0 Å². The Morgan fingerprint density at radius 3 is 1.35 bits per heavy atom. The Labute approximate surface area is 520 Å². The van der Waals surface area contributed by atoms with Gasteiger partial charge < -0.3 is 10.2 Å². The molecule has 8 aromatic carbocycles. The van der Waals surface area contributed by atoms with E-state index in [4.69, 9.17) is 0 Å². The summed E-state index contributed by atoms with van der Waals surface area (Å²) in [4.78, 5) is 2.67. The number of unbranched alkanes of at least 4 members (excludes halogenated alkanes) is 16. The molecule has 0 heterocycles. The van der Waals surface area contributed by atoms with Crippen LogP contribution in [0.3, 0.4) is 0 Å². The van der Waals surface area contributed by atoms with Crippen molar-refractivity contribution in [2.75, 3.05) is 10.2 Å². The third kappa shape index (κ3) is 12.1. The predicted molar refractivity (Wildman–Crippen MR) is 373 cm³/mol. The molecular formula is C84H102N2. The maximum absolute atomic E-state index is 3.95. The fourth-order valence-electron chi connectivity index (χ4n) is 15.9. The molecule has 448 valence electrons. The lowest BCUT2D eigenvalue weighted by atomic mass is 9.69. The Kier molecular flexibility index (Phi) is 19.9. The third-order valence-electron chi connectivity index (χ3n) is 21.1. The Morgan fingerprint density at radius 1 is 0.337 bits per heavy atom. The number of nitrogens with zero attached hydrogens (tertiary/aromatic N) is 1. The molecule has 0 radical (unpaired) electrons. The number of hydrogen-bond donors (Lipinski definition) is 1. The summed E-state index contributed by atoms with van der Waals surface area (Å²) in [6, 6.07) is 67.8. The zero-order chi connectivity index (χ0) is 59.5. The molecule has 0 bridgehead atoms. The summed E-state index contributed by atoms with van der Waals surface area (Å²) in [6.45, 7) is 16.6. The molecule has 0 atom stereocenters. The molecule has 0 aromatic heterocycles. The lowest BCUT2D eigenvalue weighted by Crippen LogP contribution is -2.27. The summed E-state index contributed by atoms with van der Waals surface area (Å²) in [5, 5.41) is 3.95. The number of anilines is 5. The predicted octanol–water partition coefficient (Wildman–Crippen LogP) is 25.3. The van der Waals surface area contributed by atoms with Crippen LogP contribution in [0.5, 0.6) is 0 Å². The first-order valence-electron chi connectivity index (χ1n) is 34.8. The second kappa shape index (κ2) is 28.0. The highest BCUT2D eigenvalue weighted by Gasteiger charge is 2.52. The molecule has 0 aliphatic heterocycles. The van der Waals surface area contributed by atoms with Gasteiger partial charge in [0.25, 0.3) is 0 Å². The van der Waals surface area contributed by atoms with Gasteiger partial charge in [-0.3, -0.25) is 0 Å². The topological polar surface area (TPSA) is 15.3 Å². The Bertz CT molecular complexity index is 3490. The minimum atomic E-state index is -0.522. The summed E-state index contributed by atoms with van der Waals surface area (Å²) in [6.07, 6.45) is 32.7. The molecule has 0 saturated carbocycles. The third-order valence-corrected chi connectivity index (χ3v) is 21.1. The van der Waals surface area contributed by atoms with E-state index in [1.165, 1.54) is 231 Å². The lowest BCUT2D eigenvalue weighted by Gasteiger charge is -2.36. The Balaban J connectivity index is 1.08. The van der Waals surface area contributed by atoms with E-state index < -0.39 is 5.41 Å². The number of fused-ring (bicyclic) bond motifs is 13. The summed E-state index contributed by atoms with van der Waals surface area (Å²) >= 11 is 0. The smallest absolute Gasteiger partial charge is 0.0727 e. The van der Waals surface area contributed by atoms with E-state index in [0.29, 0.717) is 0 Å². The molecule has 11 rings (SSSR count). The molecule has 3 aliphatic carbocycles. The zero-order valence-electron chi connectivity index (χ0n) is 54.0. The molecule has 2 nitrogen and oxygen atoms in total. The van der Waals surface area contributed by atoms with Crippen LogP contribution in [-0.4, -0.2) is 0 Å². The first-order chi connectivity index (χ1) is 42.2. The van der Waals surface area contributed by atoms with Gasteiger partial charge in [-0.1, -0.05) is 273 Å². The van der Waals surface area contributed by atoms with E-state index >= 15 is 0 Å². The van der Waals surface area contributed by atoms with Crippen molar-refractivity contribution in [3.8, 4) is 33.4 Å². The van der Waals surface area contributed by atoms with Gasteiger partial charge in [-0.05, 0) is 201 Å². The largest absolute Gasteiger partial charge is 0.356 e. The van der Waals surface area contributed by atoms with Gasteiger partial charge in [-0.15, -0.1) is 0 Å². The quantitative estimate of drug-likeness (QED) is 0.0423. The first kappa shape index (κ1) is 61.0. The summed E-state index contributed by atoms with van der Waals surface area (Å²) < 4.78 is 0. The summed E-state index contributed by atoms with van der Waals surface area (Å²) in [5.74, 6) is 0. The highest BCUT2D eigenvalue weighted by Crippen LogP contribution is 2.64. The summed E-state index contributed by atoms with van der Waals surface area (Å²) in [7, 11) is 0. The first-order valence-corrected chi connectivity index (χ1v) is 34.8. The van der Waals surface area contributed by atoms with Gasteiger partial charge in [-0.25, -0.2) is 0 Å². The van der Waals surface area contributed by atoms with E-state index in [1.54, 1.807) is 11.1 Å². The average molecular weight is 1140 g/mol. The molecule has 0 unspecified atom stereocenters. The number of hydrogen-bond acceptors (Lipinski definition) is 2. The van der Waals surface area contributed by atoms with Crippen molar-refractivity contribution in [1.82, 2.24) is 0 Å². The van der Waals surface area contributed by atoms with Gasteiger partial charge in [0.2, 0.25) is 0 Å². The van der Waals surface area contributed by atoms with E-state index in [2.05, 4.69) is 229 Å². The highest BCUT2D eigenvalue weighted by molar-refractivity contribution is 5.97. The Morgan fingerprint density at radius 2 is 0.767 bits per heavy atom. The summed E-state index contributed by atoms with van der Waals surface area (Å²) in [5.41, 5.74) is 26.8. The van der Waals surface area contributed by atoms with Crippen molar-refractivity contribution < 1.29 is 0 Å². The van der Waals surface area contributed by atoms with Gasteiger partial charge in [-0.2, -0.15) is 0 Å².